The van der Waals surface area contributed by atoms with Crippen LogP contribution in [0.1, 0.15) is 32.7 Å². The van der Waals surface area contributed by atoms with E-state index in [1.165, 1.54) is 12.4 Å². The minimum atomic E-state index is -2.64. The van der Waals surface area contributed by atoms with Gasteiger partial charge in [-0.15, -0.1) is 0 Å². The van der Waals surface area contributed by atoms with Crippen LogP contribution in [0.2, 0.25) is 5.02 Å². The molecule has 5 aromatic rings. The summed E-state index contributed by atoms with van der Waals surface area (Å²) >= 11 is 6.54. The molecule has 168 valence electrons. The monoisotopic (exact) mass is 471 g/mol. The molecule has 34 heavy (non-hydrogen) atoms. The van der Waals surface area contributed by atoms with Crippen LogP contribution in [0.4, 0.5) is 0 Å². The van der Waals surface area contributed by atoms with Crippen molar-refractivity contribution in [1.82, 2.24) is 19.3 Å². The van der Waals surface area contributed by atoms with E-state index >= 15 is 0 Å². The largest absolute Gasteiger partial charge is 0.489 e. The van der Waals surface area contributed by atoms with Gasteiger partial charge in [0.2, 0.25) is 0 Å². The molecule has 0 spiro atoms. The zero-order valence-corrected chi connectivity index (χ0v) is 19.0. The van der Waals surface area contributed by atoms with Crippen molar-refractivity contribution in [2.75, 3.05) is 0 Å². The Balaban J connectivity index is 1.74. The van der Waals surface area contributed by atoms with Crippen LogP contribution in [0.25, 0.3) is 22.0 Å². The fourth-order valence-corrected chi connectivity index (χ4v) is 4.76. The summed E-state index contributed by atoms with van der Waals surface area (Å²) in [4.78, 5) is 17.4. The molecule has 1 aliphatic rings. The van der Waals surface area contributed by atoms with Crippen molar-refractivity contribution < 1.29 is 8.85 Å². The van der Waals surface area contributed by atoms with E-state index in [0.29, 0.717) is 33.1 Å². The van der Waals surface area contributed by atoms with Crippen LogP contribution < -0.4 is 10.3 Å². The molecule has 0 radical (unpaired) electrons. The average molecular weight is 472 g/mol. The number of aromatic nitrogens is 4. The predicted molar refractivity (Wildman–Crippen MR) is 132 cm³/mol. The molecule has 1 atom stereocenters. The van der Waals surface area contributed by atoms with Crippen molar-refractivity contribution in [1.29, 1.82) is 0 Å². The highest BCUT2D eigenvalue weighted by molar-refractivity contribution is 6.31. The third-order valence-electron chi connectivity index (χ3n) is 6.28. The molecule has 0 N–H and O–H groups in total. The molecule has 6 rings (SSSR count). The number of aryl methyl sites for hydroxylation is 2. The number of ether oxygens (including phenoxy) is 1. The molecule has 1 aliphatic heterocycles. The Hall–Kier alpha value is -3.90. The molecule has 3 aromatic carbocycles. The zero-order chi connectivity index (χ0) is 25.9. The van der Waals surface area contributed by atoms with Gasteiger partial charge in [0, 0.05) is 33.1 Å². The molecular weight excluding hydrogens is 448 g/mol. The average Bonchev–Trinajstić information content (AvgIpc) is 3.28. The van der Waals surface area contributed by atoms with Crippen molar-refractivity contribution in [3.8, 4) is 16.9 Å². The lowest BCUT2D eigenvalue weighted by molar-refractivity contribution is 0.306. The smallest absolute Gasteiger partial charge is 0.251 e. The van der Waals surface area contributed by atoms with E-state index in [4.69, 9.17) is 20.5 Å². The standard InChI is InChI=1S/C27H21ClN4O2/c1-16-29-15-30-32(16)27-18-6-8-24(28)20(10-18)14-34-21-5-3-4-17(11-21)22-13-26(33)31(2)25-9-7-19(27)12-23(22)25/h3-13,15,27H,14H2,1-2H3/i2D3. The number of hydrogen-bond donors (Lipinski definition) is 0. The molecule has 0 amide bonds. The van der Waals surface area contributed by atoms with E-state index in [1.54, 1.807) is 6.07 Å². The second kappa shape index (κ2) is 7.85. The van der Waals surface area contributed by atoms with Gasteiger partial charge in [-0.2, -0.15) is 5.10 Å². The summed E-state index contributed by atoms with van der Waals surface area (Å²) in [6.45, 7) is -0.527. The maximum atomic E-state index is 13.1. The fraction of sp³-hybridized carbons (Fsp3) is 0.148. The number of nitrogens with zero attached hydrogens (tertiary/aromatic N) is 4. The van der Waals surface area contributed by atoms with Crippen molar-refractivity contribution in [3.05, 3.63) is 111 Å². The van der Waals surface area contributed by atoms with E-state index in [1.807, 2.05) is 66.2 Å². The Morgan fingerprint density at radius 2 is 1.94 bits per heavy atom. The molecule has 6 bridgehead atoms. The van der Waals surface area contributed by atoms with E-state index in [-0.39, 0.29) is 12.6 Å². The fourth-order valence-electron chi connectivity index (χ4n) is 4.58. The lowest BCUT2D eigenvalue weighted by Crippen LogP contribution is -2.18. The van der Waals surface area contributed by atoms with Gasteiger partial charge in [-0.25, -0.2) is 9.67 Å². The van der Waals surface area contributed by atoms with Crippen LogP contribution in [-0.2, 0) is 13.6 Å². The van der Waals surface area contributed by atoms with Gasteiger partial charge in [0.15, 0.2) is 0 Å². The first-order valence-corrected chi connectivity index (χ1v) is 11.2. The second-order valence-electron chi connectivity index (χ2n) is 8.33. The van der Waals surface area contributed by atoms with Gasteiger partial charge in [-0.3, -0.25) is 4.79 Å². The quantitative estimate of drug-likeness (QED) is 0.333. The second-order valence-corrected chi connectivity index (χ2v) is 8.74. The number of rotatable bonds is 1. The topological polar surface area (TPSA) is 61.9 Å². The predicted octanol–water partition coefficient (Wildman–Crippen LogP) is 5.29. The van der Waals surface area contributed by atoms with Crippen molar-refractivity contribution in [3.63, 3.8) is 0 Å². The Kier molecular flexibility index (Phi) is 4.05. The van der Waals surface area contributed by atoms with Crippen molar-refractivity contribution in [2.24, 2.45) is 6.98 Å². The summed E-state index contributed by atoms with van der Waals surface area (Å²) in [5.74, 6) is 1.31. The first kappa shape index (κ1) is 17.6. The number of fused-ring (bicyclic) bond motifs is 6. The van der Waals surface area contributed by atoms with Crippen LogP contribution in [0.5, 0.6) is 5.75 Å². The number of hydrogen-bond acceptors (Lipinski definition) is 4. The summed E-state index contributed by atoms with van der Waals surface area (Å²) < 4.78 is 32.8. The van der Waals surface area contributed by atoms with E-state index in [0.717, 1.165) is 26.8 Å². The first-order valence-electron chi connectivity index (χ1n) is 12.3. The third kappa shape index (κ3) is 3.30. The Morgan fingerprint density at radius 1 is 1.09 bits per heavy atom. The summed E-state index contributed by atoms with van der Waals surface area (Å²) in [7, 11) is 0. The maximum absolute atomic E-state index is 13.1. The number of benzene rings is 3. The molecule has 0 fully saturated rings. The Labute approximate surface area is 205 Å². The van der Waals surface area contributed by atoms with Gasteiger partial charge >= 0.3 is 0 Å². The first-order chi connectivity index (χ1) is 17.7. The van der Waals surface area contributed by atoms with E-state index in [9.17, 15) is 4.79 Å². The van der Waals surface area contributed by atoms with Crippen molar-refractivity contribution in [2.45, 2.75) is 19.6 Å². The minimum absolute atomic E-state index is 0.243. The molecule has 1 unspecified atom stereocenters. The Morgan fingerprint density at radius 3 is 2.76 bits per heavy atom. The minimum Gasteiger partial charge on any atom is -0.489 e. The van der Waals surface area contributed by atoms with Crippen LogP contribution >= 0.6 is 11.6 Å². The van der Waals surface area contributed by atoms with Gasteiger partial charge in [0.05, 0.1) is 5.52 Å². The summed E-state index contributed by atoms with van der Waals surface area (Å²) in [6.07, 6.45) is 1.50. The molecule has 0 saturated heterocycles. The number of halogens is 1. The lowest BCUT2D eigenvalue weighted by atomic mass is 9.93. The third-order valence-corrected chi connectivity index (χ3v) is 6.65. The van der Waals surface area contributed by atoms with Crippen molar-refractivity contribution >= 4 is 22.5 Å². The van der Waals surface area contributed by atoms with E-state index < -0.39 is 12.5 Å². The molecule has 7 heteroatoms. The molecule has 6 nitrogen and oxygen atoms in total. The molecule has 0 aliphatic carbocycles. The summed E-state index contributed by atoms with van der Waals surface area (Å²) in [6, 6.07) is 19.6. The van der Waals surface area contributed by atoms with Gasteiger partial charge in [0.1, 0.15) is 30.5 Å². The van der Waals surface area contributed by atoms with Crippen LogP contribution in [0, 0.1) is 6.92 Å². The Bertz CT molecular complexity index is 1740. The van der Waals surface area contributed by atoms with Gasteiger partial charge in [-0.1, -0.05) is 35.9 Å². The number of pyridine rings is 1. The zero-order valence-electron chi connectivity index (χ0n) is 21.2. The highest BCUT2D eigenvalue weighted by Crippen LogP contribution is 2.36. The molecule has 0 saturated carbocycles. The molecule has 2 aromatic heterocycles. The summed E-state index contributed by atoms with van der Waals surface area (Å²) in [5, 5.41) is 5.70. The normalized spacial score (nSPS) is 16.5. The van der Waals surface area contributed by atoms with Crippen LogP contribution in [-0.4, -0.2) is 19.3 Å². The van der Waals surface area contributed by atoms with Crippen LogP contribution in [0.15, 0.2) is 77.9 Å². The summed E-state index contributed by atoms with van der Waals surface area (Å²) in [5.41, 5.74) is 3.64. The van der Waals surface area contributed by atoms with E-state index in [2.05, 4.69) is 10.1 Å². The maximum Gasteiger partial charge on any atom is 0.251 e. The SMILES string of the molecule is [2H]C([2H])([2H])n1c(=O)cc2c3cc(ccc31)C(n1ncnc1C)c1ccc(Cl)c(c1)COc1cccc-2c1. The van der Waals surface area contributed by atoms with Gasteiger partial charge in [0.25, 0.3) is 5.56 Å². The highest BCUT2D eigenvalue weighted by Gasteiger charge is 2.22. The molecule has 3 heterocycles. The van der Waals surface area contributed by atoms with Crippen LogP contribution in [0.3, 0.4) is 0 Å². The highest BCUT2D eigenvalue weighted by atomic mass is 35.5. The lowest BCUT2D eigenvalue weighted by Gasteiger charge is -2.22. The van der Waals surface area contributed by atoms with Gasteiger partial charge in [-0.05, 0) is 65.6 Å². The molecular formula is C27H21ClN4O2. The van der Waals surface area contributed by atoms with Gasteiger partial charge < -0.3 is 9.30 Å².